The highest BCUT2D eigenvalue weighted by Gasteiger charge is 2.12. The lowest BCUT2D eigenvalue weighted by Gasteiger charge is -2.07. The van der Waals surface area contributed by atoms with Crippen molar-refractivity contribution in [2.24, 2.45) is 0 Å². The molecule has 0 saturated carbocycles. The van der Waals surface area contributed by atoms with Crippen LogP contribution in [0.15, 0.2) is 82.1 Å². The summed E-state index contributed by atoms with van der Waals surface area (Å²) >= 11 is 0. The number of para-hydroxylation sites is 2. The average molecular weight is 392 g/mol. The Labute approximate surface area is 161 Å². The highest BCUT2D eigenvalue weighted by Crippen LogP contribution is 2.25. The molecule has 1 heterocycles. The third kappa shape index (κ3) is 3.65. The summed E-state index contributed by atoms with van der Waals surface area (Å²) in [5, 5.41) is 2.76. The second-order valence-corrected chi connectivity index (χ2v) is 8.33. The van der Waals surface area contributed by atoms with Crippen LogP contribution in [0.3, 0.4) is 0 Å². The van der Waals surface area contributed by atoms with Crippen molar-refractivity contribution in [2.45, 2.75) is 4.90 Å². The number of anilines is 1. The quantitative estimate of drug-likeness (QED) is 0.563. The topological polar surface area (TPSA) is 89.3 Å². The lowest BCUT2D eigenvalue weighted by molar-refractivity contribution is 0.102. The van der Waals surface area contributed by atoms with Gasteiger partial charge in [-0.2, -0.15) is 0 Å². The normalized spacial score (nSPS) is 11.5. The third-order valence-corrected chi connectivity index (χ3v) is 5.32. The van der Waals surface area contributed by atoms with E-state index in [9.17, 15) is 13.2 Å². The van der Waals surface area contributed by atoms with E-state index in [0.717, 1.165) is 17.3 Å². The molecular weight excluding hydrogens is 376 g/mol. The number of carbonyl (C=O) groups is 1. The molecule has 1 aromatic heterocycles. The van der Waals surface area contributed by atoms with Crippen LogP contribution in [-0.2, 0) is 9.84 Å². The molecule has 7 heteroatoms. The van der Waals surface area contributed by atoms with Crippen LogP contribution >= 0.6 is 0 Å². The molecule has 1 amide bonds. The standard InChI is InChI=1S/C21H16N2O4S/c1-28(25,26)17-6-4-5-15(13-17)20(24)22-16-11-9-14(10-12-16)21-23-18-7-2-3-8-19(18)27-21/h2-13H,1H3,(H,22,24). The fraction of sp³-hybridized carbons (Fsp3) is 0.0476. The molecule has 0 aliphatic heterocycles. The van der Waals surface area contributed by atoms with Crippen LogP contribution in [-0.4, -0.2) is 25.6 Å². The summed E-state index contributed by atoms with van der Waals surface area (Å²) in [5.74, 6) is 0.111. The first kappa shape index (κ1) is 17.9. The van der Waals surface area contributed by atoms with E-state index in [0.29, 0.717) is 17.2 Å². The van der Waals surface area contributed by atoms with Crippen LogP contribution in [0.5, 0.6) is 0 Å². The molecule has 0 atom stereocenters. The van der Waals surface area contributed by atoms with Crippen molar-refractivity contribution in [2.75, 3.05) is 11.6 Å². The van der Waals surface area contributed by atoms with Crippen molar-refractivity contribution >= 4 is 32.5 Å². The largest absolute Gasteiger partial charge is 0.436 e. The molecule has 0 bridgehead atoms. The highest BCUT2D eigenvalue weighted by molar-refractivity contribution is 7.90. The highest BCUT2D eigenvalue weighted by atomic mass is 32.2. The van der Waals surface area contributed by atoms with Crippen molar-refractivity contribution in [3.05, 3.63) is 78.4 Å². The number of fused-ring (bicyclic) bond motifs is 1. The predicted octanol–water partition coefficient (Wildman–Crippen LogP) is 4.15. The zero-order chi connectivity index (χ0) is 19.7. The first-order valence-corrected chi connectivity index (χ1v) is 10.4. The SMILES string of the molecule is CS(=O)(=O)c1cccc(C(=O)Nc2ccc(-c3nc4ccccc4o3)cc2)c1. The number of hydrogen-bond donors (Lipinski definition) is 1. The van der Waals surface area contributed by atoms with Crippen molar-refractivity contribution < 1.29 is 17.6 Å². The van der Waals surface area contributed by atoms with Gasteiger partial charge >= 0.3 is 0 Å². The van der Waals surface area contributed by atoms with Gasteiger partial charge in [-0.15, -0.1) is 0 Å². The molecule has 28 heavy (non-hydrogen) atoms. The van der Waals surface area contributed by atoms with E-state index in [1.165, 1.54) is 12.1 Å². The molecule has 0 saturated heterocycles. The predicted molar refractivity (Wildman–Crippen MR) is 107 cm³/mol. The Morgan fingerprint density at radius 2 is 1.71 bits per heavy atom. The first-order valence-electron chi connectivity index (χ1n) is 8.48. The number of rotatable bonds is 4. The van der Waals surface area contributed by atoms with Gasteiger partial charge in [-0.1, -0.05) is 18.2 Å². The molecular formula is C21H16N2O4S. The lowest BCUT2D eigenvalue weighted by Crippen LogP contribution is -2.12. The van der Waals surface area contributed by atoms with Gasteiger partial charge in [0.2, 0.25) is 5.89 Å². The van der Waals surface area contributed by atoms with Gasteiger partial charge in [-0.05, 0) is 54.6 Å². The number of carbonyl (C=O) groups excluding carboxylic acids is 1. The van der Waals surface area contributed by atoms with Crippen molar-refractivity contribution in [1.82, 2.24) is 4.98 Å². The monoisotopic (exact) mass is 392 g/mol. The second-order valence-electron chi connectivity index (χ2n) is 6.32. The van der Waals surface area contributed by atoms with Gasteiger partial charge in [0.15, 0.2) is 15.4 Å². The van der Waals surface area contributed by atoms with Gasteiger partial charge in [-0.3, -0.25) is 4.79 Å². The van der Waals surface area contributed by atoms with E-state index in [-0.39, 0.29) is 16.4 Å². The molecule has 3 aromatic carbocycles. The van der Waals surface area contributed by atoms with Gasteiger partial charge in [0, 0.05) is 23.1 Å². The maximum absolute atomic E-state index is 12.4. The fourth-order valence-electron chi connectivity index (χ4n) is 2.76. The Balaban J connectivity index is 1.54. The number of amides is 1. The summed E-state index contributed by atoms with van der Waals surface area (Å²) in [4.78, 5) is 17.0. The Kier molecular flexibility index (Phi) is 4.44. The summed E-state index contributed by atoms with van der Waals surface area (Å²) in [7, 11) is -3.38. The number of benzene rings is 3. The Hall–Kier alpha value is -3.45. The minimum absolute atomic E-state index is 0.103. The second kappa shape index (κ2) is 6.94. The Bertz CT molecular complexity index is 1240. The van der Waals surface area contributed by atoms with Crippen LogP contribution in [0.25, 0.3) is 22.6 Å². The van der Waals surface area contributed by atoms with Crippen molar-refractivity contribution in [1.29, 1.82) is 0 Å². The van der Waals surface area contributed by atoms with E-state index in [2.05, 4.69) is 10.3 Å². The summed E-state index contributed by atoms with van der Waals surface area (Å²) in [6.07, 6.45) is 1.11. The van der Waals surface area contributed by atoms with Crippen LogP contribution < -0.4 is 5.32 Å². The average Bonchev–Trinajstić information content (AvgIpc) is 3.12. The van der Waals surface area contributed by atoms with Gasteiger partial charge < -0.3 is 9.73 Å². The molecule has 140 valence electrons. The van der Waals surface area contributed by atoms with Gasteiger partial charge in [-0.25, -0.2) is 13.4 Å². The van der Waals surface area contributed by atoms with Gasteiger partial charge in [0.05, 0.1) is 4.90 Å². The first-order chi connectivity index (χ1) is 13.4. The smallest absolute Gasteiger partial charge is 0.255 e. The van der Waals surface area contributed by atoms with Crippen LogP contribution in [0.1, 0.15) is 10.4 Å². The maximum Gasteiger partial charge on any atom is 0.255 e. The molecule has 0 unspecified atom stereocenters. The molecule has 0 radical (unpaired) electrons. The van der Waals surface area contributed by atoms with Crippen LogP contribution in [0, 0.1) is 0 Å². The minimum Gasteiger partial charge on any atom is -0.436 e. The van der Waals surface area contributed by atoms with E-state index >= 15 is 0 Å². The molecule has 0 aliphatic carbocycles. The van der Waals surface area contributed by atoms with E-state index in [1.807, 2.05) is 24.3 Å². The number of nitrogens with zero attached hydrogens (tertiary/aromatic N) is 1. The molecule has 4 aromatic rings. The van der Waals surface area contributed by atoms with Gasteiger partial charge in [0.25, 0.3) is 5.91 Å². The molecule has 0 spiro atoms. The number of sulfone groups is 1. The number of aromatic nitrogens is 1. The Morgan fingerprint density at radius 3 is 2.43 bits per heavy atom. The van der Waals surface area contributed by atoms with Crippen molar-refractivity contribution in [3.8, 4) is 11.5 Å². The van der Waals surface area contributed by atoms with Crippen LogP contribution in [0.2, 0.25) is 0 Å². The number of nitrogens with one attached hydrogen (secondary N) is 1. The summed E-state index contributed by atoms with van der Waals surface area (Å²) < 4.78 is 29.0. The van der Waals surface area contributed by atoms with E-state index < -0.39 is 9.84 Å². The third-order valence-electron chi connectivity index (χ3n) is 4.21. The van der Waals surface area contributed by atoms with Gasteiger partial charge in [0.1, 0.15) is 5.52 Å². The van der Waals surface area contributed by atoms with Crippen molar-refractivity contribution in [3.63, 3.8) is 0 Å². The zero-order valence-electron chi connectivity index (χ0n) is 14.9. The molecule has 1 N–H and O–H groups in total. The Morgan fingerprint density at radius 1 is 0.964 bits per heavy atom. The summed E-state index contributed by atoms with van der Waals surface area (Å²) in [6, 6.07) is 20.5. The number of oxazole rings is 1. The van der Waals surface area contributed by atoms with Crippen LogP contribution in [0.4, 0.5) is 5.69 Å². The minimum atomic E-state index is -3.38. The fourth-order valence-corrected chi connectivity index (χ4v) is 3.43. The molecule has 0 fully saturated rings. The summed E-state index contributed by atoms with van der Waals surface area (Å²) in [5.41, 5.74) is 3.12. The zero-order valence-corrected chi connectivity index (χ0v) is 15.7. The van der Waals surface area contributed by atoms with E-state index in [1.54, 1.807) is 36.4 Å². The molecule has 6 nitrogen and oxygen atoms in total. The molecule has 4 rings (SSSR count). The molecule has 0 aliphatic rings. The summed E-state index contributed by atoms with van der Waals surface area (Å²) in [6.45, 7) is 0. The number of hydrogen-bond acceptors (Lipinski definition) is 5. The lowest BCUT2D eigenvalue weighted by atomic mass is 10.2. The maximum atomic E-state index is 12.4. The van der Waals surface area contributed by atoms with E-state index in [4.69, 9.17) is 4.42 Å².